The lowest BCUT2D eigenvalue weighted by atomic mass is 10.2. The summed E-state index contributed by atoms with van der Waals surface area (Å²) in [7, 11) is 5.48. The van der Waals surface area contributed by atoms with Crippen LogP contribution in [0.3, 0.4) is 0 Å². The van der Waals surface area contributed by atoms with Gasteiger partial charge in [-0.3, -0.25) is 9.36 Å². The molecule has 3 aromatic rings. The minimum atomic E-state index is -0.0842. The molecule has 0 unspecified atom stereocenters. The lowest BCUT2D eigenvalue weighted by Crippen LogP contribution is -2.20. The minimum Gasteiger partial charge on any atom is -0.347 e. The molecule has 8 heteroatoms. The van der Waals surface area contributed by atoms with E-state index in [1.54, 1.807) is 13.1 Å². The van der Waals surface area contributed by atoms with Gasteiger partial charge in [0, 0.05) is 27.1 Å². The fraction of sp³-hybridized carbons (Fsp3) is 0.353. The number of rotatable bonds is 4. The number of para-hydroxylation sites is 1. The number of benzene rings is 1. The van der Waals surface area contributed by atoms with E-state index >= 15 is 0 Å². The molecule has 0 amide bonds. The summed E-state index contributed by atoms with van der Waals surface area (Å²) < 4.78 is 1.53. The third-order valence-corrected chi connectivity index (χ3v) is 4.57. The quantitative estimate of drug-likeness (QED) is 0.665. The Morgan fingerprint density at radius 1 is 1.08 bits per heavy atom. The highest BCUT2D eigenvalue weighted by Crippen LogP contribution is 2.25. The van der Waals surface area contributed by atoms with E-state index in [2.05, 4.69) is 19.9 Å². The van der Waals surface area contributed by atoms with Crippen molar-refractivity contribution in [2.45, 2.75) is 30.1 Å². The van der Waals surface area contributed by atoms with E-state index < -0.39 is 0 Å². The highest BCUT2D eigenvalue weighted by Gasteiger charge is 2.15. The van der Waals surface area contributed by atoms with Gasteiger partial charge in [-0.25, -0.2) is 9.97 Å². The lowest BCUT2D eigenvalue weighted by Gasteiger charge is -2.14. The van der Waals surface area contributed by atoms with E-state index in [1.165, 1.54) is 16.3 Å². The molecule has 2 heterocycles. The van der Waals surface area contributed by atoms with Gasteiger partial charge in [0.2, 0.25) is 11.1 Å². The van der Waals surface area contributed by atoms with E-state index in [-0.39, 0.29) is 11.5 Å². The zero-order valence-electron chi connectivity index (χ0n) is 14.9. The molecule has 0 N–H and O–H groups in total. The molecule has 0 aliphatic heterocycles. The van der Waals surface area contributed by atoms with Gasteiger partial charge in [0.15, 0.2) is 5.16 Å². The molecule has 25 heavy (non-hydrogen) atoms. The van der Waals surface area contributed by atoms with Crippen LogP contribution in [0.2, 0.25) is 0 Å². The smallest absolute Gasteiger partial charge is 0.261 e. The van der Waals surface area contributed by atoms with Crippen LogP contribution < -0.4 is 10.5 Å². The number of fused-ring (bicyclic) bond motifs is 1. The van der Waals surface area contributed by atoms with Crippen molar-refractivity contribution in [2.75, 3.05) is 19.0 Å². The highest BCUT2D eigenvalue weighted by atomic mass is 32.2. The molecule has 0 atom stereocenters. The summed E-state index contributed by atoms with van der Waals surface area (Å²) in [6.07, 6.45) is 0. The molecule has 2 aromatic heterocycles. The van der Waals surface area contributed by atoms with Crippen molar-refractivity contribution in [3.63, 3.8) is 0 Å². The summed E-state index contributed by atoms with van der Waals surface area (Å²) in [6.45, 7) is 4.07. The summed E-state index contributed by atoms with van der Waals surface area (Å²) in [5, 5.41) is 1.68. The monoisotopic (exact) mass is 356 g/mol. The lowest BCUT2D eigenvalue weighted by molar-refractivity contribution is 0.703. The third kappa shape index (κ3) is 3.48. The third-order valence-electron chi connectivity index (χ3n) is 3.66. The molecule has 130 valence electrons. The van der Waals surface area contributed by atoms with Gasteiger partial charge in [-0.1, -0.05) is 26.0 Å². The molecule has 3 rings (SSSR count). The van der Waals surface area contributed by atoms with Crippen molar-refractivity contribution < 1.29 is 0 Å². The Hall–Kier alpha value is -2.48. The maximum absolute atomic E-state index is 12.5. The highest BCUT2D eigenvalue weighted by molar-refractivity contribution is 7.99. The second-order valence-electron chi connectivity index (χ2n) is 6.20. The zero-order valence-corrected chi connectivity index (χ0v) is 15.7. The largest absolute Gasteiger partial charge is 0.347 e. The average molecular weight is 356 g/mol. The first-order chi connectivity index (χ1) is 11.9. The van der Waals surface area contributed by atoms with Gasteiger partial charge >= 0.3 is 0 Å². The Labute approximate surface area is 150 Å². The molecule has 1 aromatic carbocycles. The average Bonchev–Trinajstić information content (AvgIpc) is 2.59. The Morgan fingerprint density at radius 3 is 2.48 bits per heavy atom. The minimum absolute atomic E-state index is 0.0842. The van der Waals surface area contributed by atoms with Crippen molar-refractivity contribution in [1.82, 2.24) is 24.5 Å². The Balaban J connectivity index is 2.09. The van der Waals surface area contributed by atoms with Crippen molar-refractivity contribution in [1.29, 1.82) is 0 Å². The SMILES string of the molecule is CC(C)c1nc(Sc2nc3ccccc3c(=O)n2C)nc(N(C)C)n1. The normalized spacial score (nSPS) is 11.3. The van der Waals surface area contributed by atoms with Crippen molar-refractivity contribution in [3.8, 4) is 0 Å². The second-order valence-corrected chi connectivity index (χ2v) is 7.14. The molecule has 0 radical (unpaired) electrons. The first-order valence-corrected chi connectivity index (χ1v) is 8.75. The van der Waals surface area contributed by atoms with Crippen molar-refractivity contribution in [3.05, 3.63) is 40.4 Å². The molecule has 0 aliphatic rings. The Bertz CT molecular complexity index is 956. The molecule has 0 fully saturated rings. The first-order valence-electron chi connectivity index (χ1n) is 7.93. The van der Waals surface area contributed by atoms with Crippen LogP contribution in [0.4, 0.5) is 5.95 Å². The number of hydrogen-bond donors (Lipinski definition) is 0. The molecule has 0 spiro atoms. The van der Waals surface area contributed by atoms with E-state index in [0.717, 1.165) is 0 Å². The molecule has 0 aliphatic carbocycles. The molecule has 7 nitrogen and oxygen atoms in total. The molecule has 0 saturated carbocycles. The zero-order chi connectivity index (χ0) is 18.1. The summed E-state index contributed by atoms with van der Waals surface area (Å²) in [5.41, 5.74) is 0.582. The van der Waals surface area contributed by atoms with E-state index in [0.29, 0.717) is 33.0 Å². The summed E-state index contributed by atoms with van der Waals surface area (Å²) in [4.78, 5) is 32.4. The molecule has 0 saturated heterocycles. The van der Waals surface area contributed by atoms with E-state index in [4.69, 9.17) is 0 Å². The molecular weight excluding hydrogens is 336 g/mol. The van der Waals surface area contributed by atoms with Gasteiger partial charge in [0.05, 0.1) is 10.9 Å². The summed E-state index contributed by atoms with van der Waals surface area (Å²) in [6, 6.07) is 7.32. The second kappa shape index (κ2) is 6.79. The van der Waals surface area contributed by atoms with Gasteiger partial charge < -0.3 is 4.90 Å². The fourth-order valence-corrected chi connectivity index (χ4v) is 3.03. The molecular formula is C17H20N6OS. The fourth-order valence-electron chi connectivity index (χ4n) is 2.24. The summed E-state index contributed by atoms with van der Waals surface area (Å²) in [5.74, 6) is 1.48. The van der Waals surface area contributed by atoms with Crippen LogP contribution in [-0.2, 0) is 7.05 Å². The van der Waals surface area contributed by atoms with Gasteiger partial charge in [0.25, 0.3) is 5.56 Å². The number of hydrogen-bond acceptors (Lipinski definition) is 7. The van der Waals surface area contributed by atoms with Gasteiger partial charge in [-0.15, -0.1) is 0 Å². The van der Waals surface area contributed by atoms with Crippen LogP contribution in [0.1, 0.15) is 25.6 Å². The van der Waals surface area contributed by atoms with Crippen LogP contribution in [0.5, 0.6) is 0 Å². The van der Waals surface area contributed by atoms with Crippen LogP contribution in [0.15, 0.2) is 39.4 Å². The van der Waals surface area contributed by atoms with E-state index in [1.807, 2.05) is 51.0 Å². The van der Waals surface area contributed by atoms with E-state index in [9.17, 15) is 4.79 Å². The number of nitrogens with zero attached hydrogens (tertiary/aromatic N) is 6. The Morgan fingerprint density at radius 2 is 1.80 bits per heavy atom. The predicted octanol–water partition coefficient (Wildman–Crippen LogP) is 2.46. The number of anilines is 1. The maximum Gasteiger partial charge on any atom is 0.261 e. The maximum atomic E-state index is 12.5. The number of aromatic nitrogens is 5. The van der Waals surface area contributed by atoms with Crippen LogP contribution in [0, 0.1) is 0 Å². The van der Waals surface area contributed by atoms with Gasteiger partial charge in [-0.05, 0) is 23.9 Å². The topological polar surface area (TPSA) is 76.8 Å². The van der Waals surface area contributed by atoms with Crippen LogP contribution in [0.25, 0.3) is 10.9 Å². The molecule has 0 bridgehead atoms. The van der Waals surface area contributed by atoms with Crippen LogP contribution >= 0.6 is 11.8 Å². The predicted molar refractivity (Wildman–Crippen MR) is 99.4 cm³/mol. The van der Waals surface area contributed by atoms with Gasteiger partial charge in [0.1, 0.15) is 5.82 Å². The Kier molecular flexibility index (Phi) is 4.71. The van der Waals surface area contributed by atoms with Gasteiger partial charge in [-0.2, -0.15) is 9.97 Å². The summed E-state index contributed by atoms with van der Waals surface area (Å²) >= 11 is 1.27. The first kappa shape index (κ1) is 17.3. The standard InChI is InChI=1S/C17H20N6OS/c1-10(2)13-19-15(22(3)4)21-16(20-13)25-17-18-12-9-7-6-8-11(12)14(24)23(17)5/h6-10H,1-5H3. The van der Waals surface area contributed by atoms with Crippen molar-refractivity contribution in [2.24, 2.45) is 7.05 Å². The van der Waals surface area contributed by atoms with Crippen molar-refractivity contribution >= 4 is 28.6 Å². The van der Waals surface area contributed by atoms with Crippen LogP contribution in [-0.4, -0.2) is 38.6 Å².